The molecule has 1 amide bonds. The van der Waals surface area contributed by atoms with Crippen molar-refractivity contribution in [2.45, 2.75) is 39.5 Å². The van der Waals surface area contributed by atoms with Gasteiger partial charge in [0.05, 0.1) is 6.20 Å². The van der Waals surface area contributed by atoms with Gasteiger partial charge in [-0.3, -0.25) is 19.3 Å². The van der Waals surface area contributed by atoms with Crippen molar-refractivity contribution in [3.8, 4) is 11.1 Å². The van der Waals surface area contributed by atoms with Crippen LogP contribution in [0, 0.1) is 12.8 Å². The fourth-order valence-corrected chi connectivity index (χ4v) is 4.95. The summed E-state index contributed by atoms with van der Waals surface area (Å²) in [6.07, 6.45) is 6.69. The molecule has 0 saturated carbocycles. The minimum absolute atomic E-state index is 0.0139. The molecule has 6 nitrogen and oxygen atoms in total. The minimum Gasteiger partial charge on any atom is -0.337 e. The minimum atomic E-state index is 0.0139. The number of Topliss-reactive ketones (excluding diaryl/α,β-unsaturated/α-hetero) is 1. The highest BCUT2D eigenvalue weighted by molar-refractivity contribution is 5.98. The fraction of sp³-hybridized carbons (Fsp3) is 0.312. The topological polar surface area (TPSA) is 68.1 Å². The number of carbonyl (C=O) groups is 2. The molecular formula is C32H34N4O2. The van der Waals surface area contributed by atoms with Crippen LogP contribution in [0.2, 0.25) is 0 Å². The maximum Gasteiger partial charge on any atom is 0.253 e. The van der Waals surface area contributed by atoms with Gasteiger partial charge >= 0.3 is 0 Å². The molecule has 0 spiro atoms. The predicted octanol–water partition coefficient (Wildman–Crippen LogP) is 5.65. The molecule has 1 saturated heterocycles. The number of likely N-dealkylation sites (tertiary alicyclic amines) is 1. The molecule has 0 unspecified atom stereocenters. The normalized spacial score (nSPS) is 13.6. The van der Waals surface area contributed by atoms with Crippen LogP contribution in [-0.4, -0.2) is 44.4 Å². The molecule has 2 aromatic carbocycles. The largest absolute Gasteiger partial charge is 0.337 e. The van der Waals surface area contributed by atoms with Gasteiger partial charge in [-0.15, -0.1) is 0 Å². The summed E-state index contributed by atoms with van der Waals surface area (Å²) in [5.74, 6) is 0.882. The Hall–Kier alpha value is -4.06. The first kappa shape index (κ1) is 25.6. The predicted molar refractivity (Wildman–Crippen MR) is 149 cm³/mol. The van der Waals surface area contributed by atoms with E-state index in [9.17, 15) is 9.59 Å². The quantitative estimate of drug-likeness (QED) is 0.290. The van der Waals surface area contributed by atoms with E-state index < -0.39 is 0 Å². The summed E-state index contributed by atoms with van der Waals surface area (Å²) in [7, 11) is 1.91. The van der Waals surface area contributed by atoms with Crippen molar-refractivity contribution in [3.05, 3.63) is 107 Å². The number of pyridine rings is 1. The lowest BCUT2D eigenvalue weighted by atomic mass is 9.89. The summed E-state index contributed by atoms with van der Waals surface area (Å²) >= 11 is 0. The number of rotatable bonds is 8. The number of carbonyl (C=O) groups excluding carboxylic acids is 2. The molecule has 194 valence electrons. The number of benzene rings is 2. The molecule has 1 aliphatic rings. The number of nitrogens with zero attached hydrogens (tertiary/aromatic N) is 4. The SMILES string of the molecule is Cc1ccc(C(=O)N2CC(c3ccc(-c4cnn(C)c4)cc3)C2)cc1CC(=O)c1ccc(CC(C)C)nc1. The lowest BCUT2D eigenvalue weighted by molar-refractivity contribution is 0.0602. The Bertz CT molecular complexity index is 1450. The van der Waals surface area contributed by atoms with E-state index in [0.29, 0.717) is 36.1 Å². The third-order valence-electron chi connectivity index (χ3n) is 7.30. The first-order valence-corrected chi connectivity index (χ1v) is 13.2. The van der Waals surface area contributed by atoms with Gasteiger partial charge in [0.15, 0.2) is 5.78 Å². The fourth-order valence-electron chi connectivity index (χ4n) is 4.95. The van der Waals surface area contributed by atoms with E-state index in [1.165, 1.54) is 5.56 Å². The van der Waals surface area contributed by atoms with Crippen LogP contribution in [0.3, 0.4) is 0 Å². The first-order valence-electron chi connectivity index (χ1n) is 13.2. The average molecular weight is 507 g/mol. The summed E-state index contributed by atoms with van der Waals surface area (Å²) in [6, 6.07) is 18.0. The van der Waals surface area contributed by atoms with Crippen molar-refractivity contribution in [3.63, 3.8) is 0 Å². The number of aromatic nitrogens is 3. The van der Waals surface area contributed by atoms with Gasteiger partial charge < -0.3 is 4.90 Å². The highest BCUT2D eigenvalue weighted by Gasteiger charge is 2.32. The highest BCUT2D eigenvalue weighted by atomic mass is 16.2. The van der Waals surface area contributed by atoms with E-state index in [1.807, 2.05) is 61.6 Å². The van der Waals surface area contributed by atoms with Gasteiger partial charge in [0.2, 0.25) is 0 Å². The van der Waals surface area contributed by atoms with Gasteiger partial charge in [-0.25, -0.2) is 0 Å². The van der Waals surface area contributed by atoms with Gasteiger partial charge in [-0.2, -0.15) is 5.10 Å². The molecule has 3 heterocycles. The second-order valence-electron chi connectivity index (χ2n) is 10.8. The van der Waals surface area contributed by atoms with Crippen molar-refractivity contribution in [2.75, 3.05) is 13.1 Å². The molecule has 0 N–H and O–H groups in total. The molecule has 4 aromatic rings. The van der Waals surface area contributed by atoms with Crippen LogP contribution >= 0.6 is 0 Å². The van der Waals surface area contributed by atoms with E-state index in [-0.39, 0.29) is 18.1 Å². The van der Waals surface area contributed by atoms with E-state index in [2.05, 4.69) is 48.2 Å². The van der Waals surface area contributed by atoms with Gasteiger partial charge in [0.25, 0.3) is 5.91 Å². The van der Waals surface area contributed by atoms with Gasteiger partial charge in [-0.05, 0) is 65.8 Å². The van der Waals surface area contributed by atoms with Gasteiger partial charge in [0.1, 0.15) is 0 Å². The molecule has 1 fully saturated rings. The molecule has 0 aliphatic carbocycles. The monoisotopic (exact) mass is 506 g/mol. The Morgan fingerprint density at radius 2 is 1.68 bits per heavy atom. The molecule has 2 aromatic heterocycles. The summed E-state index contributed by atoms with van der Waals surface area (Å²) < 4.78 is 1.80. The van der Waals surface area contributed by atoms with Crippen molar-refractivity contribution < 1.29 is 9.59 Å². The molecule has 0 atom stereocenters. The Morgan fingerprint density at radius 3 is 2.32 bits per heavy atom. The molecule has 0 bridgehead atoms. The van der Waals surface area contributed by atoms with Crippen LogP contribution in [0.1, 0.15) is 62.9 Å². The summed E-state index contributed by atoms with van der Waals surface area (Å²) in [5.41, 5.74) is 7.60. The number of ketones is 1. The van der Waals surface area contributed by atoms with Crippen LogP contribution in [0.4, 0.5) is 0 Å². The third kappa shape index (κ3) is 5.59. The zero-order chi connectivity index (χ0) is 26.8. The van der Waals surface area contributed by atoms with E-state index in [0.717, 1.165) is 34.4 Å². The standard InChI is InChI=1S/C32H34N4O2/c1-21(2)13-30-12-11-26(16-33-30)31(37)15-27-14-25(6-5-22(27)3)32(38)36-19-29(20-36)24-9-7-23(8-10-24)28-17-34-35(4)18-28/h5-12,14,16-18,21,29H,13,15,19-20H2,1-4H3. The number of amides is 1. The highest BCUT2D eigenvalue weighted by Crippen LogP contribution is 2.30. The Kier molecular flexibility index (Phi) is 7.23. The van der Waals surface area contributed by atoms with Crippen LogP contribution in [0.15, 0.2) is 73.2 Å². The average Bonchev–Trinajstić information content (AvgIpc) is 3.31. The maximum absolute atomic E-state index is 13.2. The van der Waals surface area contributed by atoms with Crippen LogP contribution in [0.5, 0.6) is 0 Å². The maximum atomic E-state index is 13.2. The molecule has 38 heavy (non-hydrogen) atoms. The Morgan fingerprint density at radius 1 is 0.947 bits per heavy atom. The van der Waals surface area contributed by atoms with Crippen LogP contribution < -0.4 is 0 Å². The first-order chi connectivity index (χ1) is 18.3. The summed E-state index contributed by atoms with van der Waals surface area (Å²) in [6.45, 7) is 7.68. The zero-order valence-corrected chi connectivity index (χ0v) is 22.5. The lowest BCUT2D eigenvalue weighted by Gasteiger charge is -2.39. The number of aryl methyl sites for hydroxylation is 2. The van der Waals surface area contributed by atoms with Crippen LogP contribution in [0.25, 0.3) is 11.1 Å². The number of hydrogen-bond donors (Lipinski definition) is 0. The Balaban J connectivity index is 1.20. The Labute approximate surface area is 224 Å². The van der Waals surface area contributed by atoms with E-state index in [4.69, 9.17) is 0 Å². The van der Waals surface area contributed by atoms with Crippen molar-refractivity contribution in [1.29, 1.82) is 0 Å². The van der Waals surface area contributed by atoms with E-state index >= 15 is 0 Å². The van der Waals surface area contributed by atoms with E-state index in [1.54, 1.807) is 10.9 Å². The lowest BCUT2D eigenvalue weighted by Crippen LogP contribution is -2.48. The molecule has 1 aliphatic heterocycles. The molecule has 0 radical (unpaired) electrons. The van der Waals surface area contributed by atoms with Gasteiger partial charge in [0, 0.05) is 67.3 Å². The second kappa shape index (κ2) is 10.7. The smallest absolute Gasteiger partial charge is 0.253 e. The molecule has 6 heteroatoms. The van der Waals surface area contributed by atoms with Crippen molar-refractivity contribution >= 4 is 11.7 Å². The third-order valence-corrected chi connectivity index (χ3v) is 7.30. The van der Waals surface area contributed by atoms with Crippen molar-refractivity contribution in [2.24, 2.45) is 13.0 Å². The van der Waals surface area contributed by atoms with Crippen LogP contribution in [-0.2, 0) is 19.9 Å². The zero-order valence-electron chi connectivity index (χ0n) is 22.5. The van der Waals surface area contributed by atoms with Crippen molar-refractivity contribution in [1.82, 2.24) is 19.7 Å². The summed E-state index contributed by atoms with van der Waals surface area (Å²) in [5, 5.41) is 4.24. The second-order valence-corrected chi connectivity index (χ2v) is 10.8. The number of hydrogen-bond acceptors (Lipinski definition) is 4. The summed E-state index contributed by atoms with van der Waals surface area (Å²) in [4.78, 5) is 32.5. The molecule has 5 rings (SSSR count). The van der Waals surface area contributed by atoms with Gasteiger partial charge in [-0.1, -0.05) is 44.2 Å². The molecular weight excluding hydrogens is 472 g/mol.